The summed E-state index contributed by atoms with van der Waals surface area (Å²) in [7, 11) is 1.86. The molecular weight excluding hydrogens is 523 g/mol. The molecule has 0 bridgehead atoms. The lowest BCUT2D eigenvalue weighted by atomic mass is 10.3. The molecule has 0 saturated carbocycles. The van der Waals surface area contributed by atoms with E-state index >= 15 is 0 Å². The molecule has 1 aliphatic heterocycles. The number of nitrogens with zero attached hydrogens (tertiary/aromatic N) is 7. The molecular formula is C21H31IN8S. The zero-order valence-corrected chi connectivity index (χ0v) is 21.6. The zero-order valence-electron chi connectivity index (χ0n) is 18.4. The summed E-state index contributed by atoms with van der Waals surface area (Å²) in [6, 6.07) is 8.33. The minimum absolute atomic E-state index is 0. The molecule has 0 unspecified atom stereocenters. The summed E-state index contributed by atoms with van der Waals surface area (Å²) >= 11 is 1.51. The van der Waals surface area contributed by atoms with Crippen LogP contribution < -0.4 is 10.2 Å². The minimum atomic E-state index is 0. The van der Waals surface area contributed by atoms with Gasteiger partial charge in [-0.15, -0.1) is 24.0 Å². The van der Waals surface area contributed by atoms with E-state index in [1.165, 1.54) is 17.0 Å². The summed E-state index contributed by atoms with van der Waals surface area (Å²) in [6.45, 7) is 9.76. The fourth-order valence-electron chi connectivity index (χ4n) is 3.87. The number of para-hydroxylation sites is 2. The van der Waals surface area contributed by atoms with Crippen LogP contribution in [0.2, 0.25) is 0 Å². The molecule has 1 saturated heterocycles. The molecule has 0 atom stereocenters. The summed E-state index contributed by atoms with van der Waals surface area (Å²) in [5, 5.41) is 4.57. The van der Waals surface area contributed by atoms with E-state index in [2.05, 4.69) is 71.1 Å². The second-order valence-electron chi connectivity index (χ2n) is 7.45. The Balaban J connectivity index is 0.00000272. The van der Waals surface area contributed by atoms with Crippen molar-refractivity contribution in [1.82, 2.24) is 29.1 Å². The highest BCUT2D eigenvalue weighted by molar-refractivity contribution is 14.0. The van der Waals surface area contributed by atoms with Crippen LogP contribution >= 0.6 is 35.5 Å². The molecule has 10 heteroatoms. The second kappa shape index (κ2) is 11.1. The van der Waals surface area contributed by atoms with Gasteiger partial charge < -0.3 is 19.7 Å². The predicted molar refractivity (Wildman–Crippen MR) is 139 cm³/mol. The third-order valence-electron chi connectivity index (χ3n) is 5.52. The van der Waals surface area contributed by atoms with E-state index in [9.17, 15) is 0 Å². The van der Waals surface area contributed by atoms with E-state index in [4.69, 9.17) is 0 Å². The molecule has 0 amide bonds. The van der Waals surface area contributed by atoms with Gasteiger partial charge in [-0.2, -0.15) is 4.37 Å². The van der Waals surface area contributed by atoms with Crippen LogP contribution in [0, 0.1) is 6.92 Å². The van der Waals surface area contributed by atoms with Gasteiger partial charge in [0.15, 0.2) is 5.96 Å². The topological polar surface area (TPSA) is 74.5 Å². The van der Waals surface area contributed by atoms with E-state index in [0.29, 0.717) is 0 Å². The van der Waals surface area contributed by atoms with Crippen molar-refractivity contribution in [3.63, 3.8) is 0 Å². The number of piperazine rings is 1. The lowest BCUT2D eigenvalue weighted by Gasteiger charge is -2.36. The number of imidazole rings is 1. The number of aryl methyl sites for hydroxylation is 3. The Morgan fingerprint density at radius 3 is 2.65 bits per heavy atom. The molecule has 0 spiro atoms. The molecule has 2 aromatic heterocycles. The van der Waals surface area contributed by atoms with Gasteiger partial charge in [0, 0.05) is 64.3 Å². The number of halogens is 1. The molecule has 1 aliphatic rings. The molecule has 168 valence electrons. The first kappa shape index (κ1) is 23.7. The van der Waals surface area contributed by atoms with Crippen LogP contribution in [0.4, 0.5) is 5.13 Å². The molecule has 3 heterocycles. The Morgan fingerprint density at radius 1 is 1.16 bits per heavy atom. The van der Waals surface area contributed by atoms with Crippen LogP contribution in [0.5, 0.6) is 0 Å². The number of guanidine groups is 1. The van der Waals surface area contributed by atoms with Crippen molar-refractivity contribution in [2.45, 2.75) is 33.2 Å². The number of rotatable bonds is 6. The largest absolute Gasteiger partial charge is 0.356 e. The average Bonchev–Trinajstić information content (AvgIpc) is 3.38. The summed E-state index contributed by atoms with van der Waals surface area (Å²) in [5.41, 5.74) is 2.27. The van der Waals surface area contributed by atoms with Crippen LogP contribution in [0.1, 0.15) is 25.0 Å². The van der Waals surface area contributed by atoms with Gasteiger partial charge >= 0.3 is 0 Å². The summed E-state index contributed by atoms with van der Waals surface area (Å²) in [6.07, 6.45) is 1.91. The Labute approximate surface area is 205 Å². The molecule has 8 nitrogen and oxygen atoms in total. The van der Waals surface area contributed by atoms with Gasteiger partial charge in [-0.3, -0.25) is 4.99 Å². The number of aliphatic imine (C=N–C) groups is 1. The third kappa shape index (κ3) is 5.46. The normalized spacial score (nSPS) is 14.7. The van der Waals surface area contributed by atoms with E-state index in [0.717, 1.165) is 80.4 Å². The molecule has 0 radical (unpaired) electrons. The van der Waals surface area contributed by atoms with Crippen LogP contribution in [-0.2, 0) is 13.0 Å². The number of benzene rings is 1. The number of hydrogen-bond acceptors (Lipinski definition) is 6. The fraction of sp³-hybridized carbons (Fsp3) is 0.524. The Kier molecular flexibility index (Phi) is 8.47. The predicted octanol–water partition coefficient (Wildman–Crippen LogP) is 3.16. The molecule has 4 rings (SSSR count). The first-order chi connectivity index (χ1) is 14.7. The first-order valence-corrected chi connectivity index (χ1v) is 11.4. The highest BCUT2D eigenvalue weighted by atomic mass is 127. The highest BCUT2D eigenvalue weighted by Crippen LogP contribution is 2.19. The Bertz CT molecular complexity index is 1010. The first-order valence-electron chi connectivity index (χ1n) is 10.6. The van der Waals surface area contributed by atoms with Crippen molar-refractivity contribution in [3.05, 3.63) is 35.9 Å². The van der Waals surface area contributed by atoms with Gasteiger partial charge in [0.05, 0.1) is 11.0 Å². The Morgan fingerprint density at radius 2 is 1.94 bits per heavy atom. The second-order valence-corrected chi connectivity index (χ2v) is 8.18. The summed E-state index contributed by atoms with van der Waals surface area (Å²) in [4.78, 5) is 18.4. The van der Waals surface area contributed by atoms with Crippen molar-refractivity contribution in [2.24, 2.45) is 4.99 Å². The van der Waals surface area contributed by atoms with Gasteiger partial charge in [-0.25, -0.2) is 9.97 Å². The monoisotopic (exact) mass is 554 g/mol. The third-order valence-corrected chi connectivity index (χ3v) is 6.34. The summed E-state index contributed by atoms with van der Waals surface area (Å²) in [5.74, 6) is 2.99. The molecule has 1 aromatic carbocycles. The zero-order chi connectivity index (χ0) is 20.9. The molecule has 31 heavy (non-hydrogen) atoms. The lowest BCUT2D eigenvalue weighted by molar-refractivity contribution is 0.371. The van der Waals surface area contributed by atoms with Crippen molar-refractivity contribution in [3.8, 4) is 0 Å². The van der Waals surface area contributed by atoms with Gasteiger partial charge in [-0.05, 0) is 25.5 Å². The number of aromatic nitrogens is 4. The number of hydrogen-bond donors (Lipinski definition) is 1. The lowest BCUT2D eigenvalue weighted by Crippen LogP contribution is -2.52. The minimum Gasteiger partial charge on any atom is -0.356 e. The standard InChI is InChI=1S/C21H30N8S.HI/c1-4-19-25-21(30-26-19)28-14-12-27(13-15-28)20(22-3)23-10-7-11-29-16(2)24-17-8-5-6-9-18(17)29;/h5-6,8-9H,4,7,10-15H2,1-3H3,(H,22,23);1H. The highest BCUT2D eigenvalue weighted by Gasteiger charge is 2.21. The SMILES string of the molecule is CCc1nsc(N2CCN(C(=NC)NCCCn3c(C)nc4ccccc43)CC2)n1.I. The number of anilines is 1. The maximum atomic E-state index is 4.65. The maximum Gasteiger partial charge on any atom is 0.205 e. The van der Waals surface area contributed by atoms with Crippen molar-refractivity contribution >= 4 is 57.6 Å². The molecule has 3 aromatic rings. The Hall–Kier alpha value is -1.95. The van der Waals surface area contributed by atoms with Crippen LogP contribution in [0.25, 0.3) is 11.0 Å². The van der Waals surface area contributed by atoms with Crippen molar-refractivity contribution < 1.29 is 0 Å². The number of nitrogens with one attached hydrogen (secondary N) is 1. The smallest absolute Gasteiger partial charge is 0.205 e. The van der Waals surface area contributed by atoms with Crippen LogP contribution in [0.3, 0.4) is 0 Å². The molecule has 1 N–H and O–H groups in total. The van der Waals surface area contributed by atoms with Crippen molar-refractivity contribution in [2.75, 3.05) is 44.7 Å². The number of fused-ring (bicyclic) bond motifs is 1. The van der Waals surface area contributed by atoms with Gasteiger partial charge in [0.25, 0.3) is 0 Å². The summed E-state index contributed by atoms with van der Waals surface area (Å²) < 4.78 is 6.71. The average molecular weight is 555 g/mol. The van der Waals surface area contributed by atoms with E-state index in [1.54, 1.807) is 0 Å². The fourth-order valence-corrected chi connectivity index (χ4v) is 4.68. The quantitative estimate of drug-likeness (QED) is 0.219. The van der Waals surface area contributed by atoms with Gasteiger partial charge in [-0.1, -0.05) is 19.1 Å². The maximum absolute atomic E-state index is 4.65. The van der Waals surface area contributed by atoms with Crippen LogP contribution in [-0.4, -0.2) is 69.5 Å². The van der Waals surface area contributed by atoms with E-state index < -0.39 is 0 Å². The molecule has 0 aliphatic carbocycles. The molecule has 1 fully saturated rings. The van der Waals surface area contributed by atoms with Crippen molar-refractivity contribution in [1.29, 1.82) is 0 Å². The van der Waals surface area contributed by atoms with E-state index in [1.807, 2.05) is 13.1 Å². The van der Waals surface area contributed by atoms with Gasteiger partial charge in [0.2, 0.25) is 5.13 Å². The van der Waals surface area contributed by atoms with Crippen LogP contribution in [0.15, 0.2) is 29.3 Å². The van der Waals surface area contributed by atoms with Gasteiger partial charge in [0.1, 0.15) is 11.6 Å². The van der Waals surface area contributed by atoms with E-state index in [-0.39, 0.29) is 24.0 Å².